The van der Waals surface area contributed by atoms with Gasteiger partial charge in [0.2, 0.25) is 0 Å². The molecule has 3 rings (SSSR count). The molecule has 0 aromatic carbocycles. The minimum Gasteiger partial charge on any atom is -0.397 e. The highest BCUT2D eigenvalue weighted by atomic mass is 32.1. The van der Waals surface area contributed by atoms with E-state index in [0.29, 0.717) is 22.4 Å². The van der Waals surface area contributed by atoms with Crippen molar-refractivity contribution in [2.75, 3.05) is 5.73 Å². The number of carbonyl (C=O) groups is 1. The first-order chi connectivity index (χ1) is 10.0. The minimum absolute atomic E-state index is 0.0539. The third-order valence-corrected chi connectivity index (χ3v) is 5.35. The van der Waals surface area contributed by atoms with Crippen molar-refractivity contribution in [2.45, 2.75) is 39.2 Å². The Bertz CT molecular complexity index is 657. The molecule has 0 bridgehead atoms. The summed E-state index contributed by atoms with van der Waals surface area (Å²) in [5.74, 6) is 1.28. The van der Waals surface area contributed by atoms with Gasteiger partial charge in [0.25, 0.3) is 5.91 Å². The van der Waals surface area contributed by atoms with Crippen molar-refractivity contribution >= 4 is 33.1 Å². The van der Waals surface area contributed by atoms with E-state index in [1.54, 1.807) is 6.20 Å². The predicted octanol–water partition coefficient (Wildman–Crippen LogP) is 3.43. The van der Waals surface area contributed by atoms with Crippen LogP contribution in [0.2, 0.25) is 0 Å². The number of amides is 1. The molecule has 0 radical (unpaired) electrons. The summed E-state index contributed by atoms with van der Waals surface area (Å²) in [6.45, 7) is 4.51. The van der Waals surface area contributed by atoms with E-state index in [9.17, 15) is 4.79 Å². The van der Waals surface area contributed by atoms with E-state index in [4.69, 9.17) is 5.73 Å². The maximum atomic E-state index is 12.5. The highest BCUT2D eigenvalue weighted by Crippen LogP contribution is 2.33. The van der Waals surface area contributed by atoms with Gasteiger partial charge in [-0.3, -0.25) is 4.79 Å². The van der Waals surface area contributed by atoms with Crippen molar-refractivity contribution < 1.29 is 4.79 Å². The molecule has 0 aliphatic heterocycles. The van der Waals surface area contributed by atoms with Gasteiger partial charge in [-0.1, -0.05) is 13.8 Å². The molecule has 5 heteroatoms. The number of nitrogens with one attached hydrogen (secondary N) is 1. The van der Waals surface area contributed by atoms with E-state index in [1.807, 2.05) is 12.1 Å². The van der Waals surface area contributed by atoms with Crippen LogP contribution in [0.15, 0.2) is 18.3 Å². The molecular formula is C16H21N3OS. The summed E-state index contributed by atoms with van der Waals surface area (Å²) in [5, 5.41) is 4.03. The molecule has 0 saturated heterocycles. The highest BCUT2D eigenvalue weighted by Gasteiger charge is 2.26. The lowest BCUT2D eigenvalue weighted by molar-refractivity contribution is 0.0916. The Morgan fingerprint density at radius 1 is 1.33 bits per heavy atom. The summed E-state index contributed by atoms with van der Waals surface area (Å²) in [4.78, 5) is 18.2. The molecule has 1 saturated carbocycles. The molecule has 2 heterocycles. The van der Waals surface area contributed by atoms with Gasteiger partial charge in [-0.2, -0.15) is 0 Å². The van der Waals surface area contributed by atoms with E-state index >= 15 is 0 Å². The molecule has 2 atom stereocenters. The Morgan fingerprint density at radius 2 is 2.05 bits per heavy atom. The van der Waals surface area contributed by atoms with Gasteiger partial charge in [-0.25, -0.2) is 4.98 Å². The summed E-state index contributed by atoms with van der Waals surface area (Å²) >= 11 is 1.37. The lowest BCUT2D eigenvalue weighted by Crippen LogP contribution is -2.39. The van der Waals surface area contributed by atoms with Crippen LogP contribution in [-0.2, 0) is 0 Å². The van der Waals surface area contributed by atoms with Crippen LogP contribution in [0.25, 0.3) is 10.2 Å². The molecule has 2 aromatic heterocycles. The summed E-state index contributed by atoms with van der Waals surface area (Å²) in [7, 11) is 0. The number of thiophene rings is 1. The number of pyridine rings is 1. The van der Waals surface area contributed by atoms with Crippen molar-refractivity contribution in [1.29, 1.82) is 0 Å². The summed E-state index contributed by atoms with van der Waals surface area (Å²) in [5.41, 5.74) is 6.66. The molecule has 1 aliphatic rings. The topological polar surface area (TPSA) is 68.0 Å². The summed E-state index contributed by atoms with van der Waals surface area (Å²) in [6, 6.07) is 4.02. The molecule has 2 unspecified atom stereocenters. The molecule has 1 aliphatic carbocycles. The average Bonchev–Trinajstić information content (AvgIpc) is 2.76. The van der Waals surface area contributed by atoms with Gasteiger partial charge in [0.15, 0.2) is 0 Å². The van der Waals surface area contributed by atoms with Gasteiger partial charge in [0, 0.05) is 17.6 Å². The predicted molar refractivity (Wildman–Crippen MR) is 87.5 cm³/mol. The molecule has 3 N–H and O–H groups in total. The average molecular weight is 303 g/mol. The third kappa shape index (κ3) is 2.88. The van der Waals surface area contributed by atoms with Crippen LogP contribution in [0.4, 0.5) is 5.69 Å². The van der Waals surface area contributed by atoms with Gasteiger partial charge in [0.05, 0.1) is 5.69 Å². The first kappa shape index (κ1) is 14.3. The zero-order chi connectivity index (χ0) is 15.0. The van der Waals surface area contributed by atoms with E-state index < -0.39 is 0 Å². The zero-order valence-electron chi connectivity index (χ0n) is 12.4. The number of hydrogen-bond donors (Lipinski definition) is 2. The number of nitrogen functional groups attached to an aromatic ring is 1. The van der Waals surface area contributed by atoms with Gasteiger partial charge in [-0.15, -0.1) is 11.3 Å². The lowest BCUT2D eigenvalue weighted by atomic mass is 9.80. The number of aromatic nitrogens is 1. The normalized spacial score (nSPS) is 25.9. The van der Waals surface area contributed by atoms with Crippen LogP contribution >= 0.6 is 11.3 Å². The second-order valence-electron chi connectivity index (χ2n) is 6.29. The Balaban J connectivity index is 1.79. The number of rotatable bonds is 2. The van der Waals surface area contributed by atoms with E-state index in [0.717, 1.165) is 23.1 Å². The molecule has 0 spiro atoms. The molecule has 2 aromatic rings. The fraction of sp³-hybridized carbons (Fsp3) is 0.500. The quantitative estimate of drug-likeness (QED) is 0.893. The van der Waals surface area contributed by atoms with E-state index in [1.165, 1.54) is 17.8 Å². The molecule has 112 valence electrons. The van der Waals surface area contributed by atoms with Crippen LogP contribution in [0.1, 0.15) is 42.8 Å². The molecular weight excluding hydrogens is 282 g/mol. The number of hydrogen-bond acceptors (Lipinski definition) is 4. The van der Waals surface area contributed by atoms with Crippen molar-refractivity contribution in [3.05, 3.63) is 23.2 Å². The summed E-state index contributed by atoms with van der Waals surface area (Å²) < 4.78 is 0. The van der Waals surface area contributed by atoms with Gasteiger partial charge in [-0.05, 0) is 43.2 Å². The van der Waals surface area contributed by atoms with Crippen molar-refractivity contribution in [3.63, 3.8) is 0 Å². The van der Waals surface area contributed by atoms with Crippen LogP contribution in [0, 0.1) is 11.8 Å². The third-order valence-electron chi connectivity index (χ3n) is 4.22. The Labute approximate surface area is 128 Å². The number of fused-ring (bicyclic) bond motifs is 1. The molecule has 21 heavy (non-hydrogen) atoms. The molecule has 1 fully saturated rings. The maximum Gasteiger partial charge on any atom is 0.263 e. The van der Waals surface area contributed by atoms with Gasteiger partial charge < -0.3 is 11.1 Å². The standard InChI is InChI=1S/C16H21N3OS/c1-9-6-10(2)8-11(7-9)19-15(20)14-13(17)12-4-3-5-18-16(12)21-14/h3-5,9-11H,6-8,17H2,1-2H3,(H,19,20). The van der Waals surface area contributed by atoms with E-state index in [2.05, 4.69) is 24.1 Å². The Kier molecular flexibility index (Phi) is 3.85. The number of anilines is 1. The van der Waals surface area contributed by atoms with Crippen molar-refractivity contribution in [2.24, 2.45) is 11.8 Å². The lowest BCUT2D eigenvalue weighted by Gasteiger charge is -2.31. The van der Waals surface area contributed by atoms with Crippen LogP contribution in [-0.4, -0.2) is 16.9 Å². The fourth-order valence-electron chi connectivity index (χ4n) is 3.44. The van der Waals surface area contributed by atoms with Crippen LogP contribution in [0.3, 0.4) is 0 Å². The second-order valence-corrected chi connectivity index (χ2v) is 7.29. The first-order valence-electron chi connectivity index (χ1n) is 7.48. The number of carbonyl (C=O) groups excluding carboxylic acids is 1. The molecule has 1 amide bonds. The molecule has 4 nitrogen and oxygen atoms in total. The highest BCUT2D eigenvalue weighted by molar-refractivity contribution is 7.21. The fourth-order valence-corrected chi connectivity index (χ4v) is 4.40. The first-order valence-corrected chi connectivity index (χ1v) is 8.30. The van der Waals surface area contributed by atoms with Crippen LogP contribution < -0.4 is 11.1 Å². The Morgan fingerprint density at radius 3 is 2.71 bits per heavy atom. The van der Waals surface area contributed by atoms with Crippen LogP contribution in [0.5, 0.6) is 0 Å². The number of nitrogens with two attached hydrogens (primary N) is 1. The monoisotopic (exact) mass is 303 g/mol. The van der Waals surface area contributed by atoms with Gasteiger partial charge >= 0.3 is 0 Å². The minimum atomic E-state index is -0.0539. The van der Waals surface area contributed by atoms with E-state index in [-0.39, 0.29) is 11.9 Å². The SMILES string of the molecule is CC1CC(C)CC(NC(=O)c2sc3ncccc3c2N)C1. The van der Waals surface area contributed by atoms with Gasteiger partial charge in [0.1, 0.15) is 9.71 Å². The van der Waals surface area contributed by atoms with Crippen molar-refractivity contribution in [3.8, 4) is 0 Å². The summed E-state index contributed by atoms with van der Waals surface area (Å²) in [6.07, 6.45) is 5.09. The Hall–Kier alpha value is -1.62. The second kappa shape index (κ2) is 5.64. The number of nitrogens with zero attached hydrogens (tertiary/aromatic N) is 1. The smallest absolute Gasteiger partial charge is 0.263 e. The largest absolute Gasteiger partial charge is 0.397 e. The maximum absolute atomic E-state index is 12.5. The zero-order valence-corrected chi connectivity index (χ0v) is 13.2. The van der Waals surface area contributed by atoms with Crippen molar-refractivity contribution in [1.82, 2.24) is 10.3 Å².